The molecule has 2 amide bonds. The Hall–Kier alpha value is -5.03. The third kappa shape index (κ3) is 7.05. The zero-order valence-corrected chi connectivity index (χ0v) is 26.3. The first-order valence-corrected chi connectivity index (χ1v) is 16.1. The van der Waals surface area contributed by atoms with Crippen LogP contribution in [0.15, 0.2) is 40.9 Å². The summed E-state index contributed by atoms with van der Waals surface area (Å²) in [6.45, 7) is 4.43. The lowest BCUT2D eigenvalue weighted by Crippen LogP contribution is -2.76. The van der Waals surface area contributed by atoms with Crippen molar-refractivity contribution in [3.8, 4) is 5.75 Å². The molecule has 0 unspecified atom stereocenters. The first kappa shape index (κ1) is 31.9. The van der Waals surface area contributed by atoms with Crippen molar-refractivity contribution < 1.29 is 36.4 Å². The number of H-pyrrole nitrogens is 1. The van der Waals surface area contributed by atoms with Gasteiger partial charge in [0.05, 0.1) is 17.1 Å². The van der Waals surface area contributed by atoms with Gasteiger partial charge >= 0.3 is 10.4 Å². The van der Waals surface area contributed by atoms with Crippen LogP contribution >= 0.6 is 11.3 Å². The van der Waals surface area contributed by atoms with Crippen molar-refractivity contribution in [2.24, 2.45) is 5.16 Å². The van der Waals surface area contributed by atoms with Crippen molar-refractivity contribution >= 4 is 61.1 Å². The zero-order valence-electron chi connectivity index (χ0n) is 24.6. The summed E-state index contributed by atoms with van der Waals surface area (Å²) < 4.78 is 41.6. The van der Waals surface area contributed by atoms with Gasteiger partial charge in [-0.05, 0) is 44.2 Å². The molecule has 22 heteroatoms. The number of tetrazole rings is 1. The number of thiazole rings is 1. The summed E-state index contributed by atoms with van der Waals surface area (Å²) >= 11 is 1.03. The molecule has 4 aromatic rings. The van der Waals surface area contributed by atoms with Gasteiger partial charge < -0.3 is 31.3 Å². The van der Waals surface area contributed by atoms with Crippen LogP contribution in [0.1, 0.15) is 31.5 Å². The summed E-state index contributed by atoms with van der Waals surface area (Å²) in [5, 5.41) is 29.7. The molecule has 47 heavy (non-hydrogen) atoms. The van der Waals surface area contributed by atoms with Crippen molar-refractivity contribution in [3.05, 3.63) is 47.2 Å². The number of pyridine rings is 1. The highest BCUT2D eigenvalue weighted by atomic mass is 32.3. The van der Waals surface area contributed by atoms with E-state index >= 15 is 0 Å². The predicted octanol–water partition coefficient (Wildman–Crippen LogP) is -0.449. The van der Waals surface area contributed by atoms with Gasteiger partial charge in [0.25, 0.3) is 11.8 Å². The SMILES string of the molecule is CC1(C)[C@H](NC(=O)/C(=N\O[C@@H](COc2ccc3nc(NC4CNC4)ccc3c2)c2nn[nH]n2)c2csc(N)n2)C(=O)N1OS(=O)(=O)O. The van der Waals surface area contributed by atoms with Crippen molar-refractivity contribution in [2.75, 3.05) is 30.7 Å². The van der Waals surface area contributed by atoms with Crippen LogP contribution in [0.4, 0.5) is 10.9 Å². The Balaban J connectivity index is 1.18. The summed E-state index contributed by atoms with van der Waals surface area (Å²) in [6.07, 6.45) is -1.08. The molecule has 0 bridgehead atoms. The Morgan fingerprint density at radius 3 is 2.72 bits per heavy atom. The molecule has 3 aromatic heterocycles. The Morgan fingerprint density at radius 2 is 2.09 bits per heavy atom. The highest BCUT2D eigenvalue weighted by molar-refractivity contribution is 7.80. The van der Waals surface area contributed by atoms with Crippen molar-refractivity contribution in [1.29, 1.82) is 0 Å². The van der Waals surface area contributed by atoms with Crippen LogP contribution in [-0.2, 0) is 29.1 Å². The summed E-state index contributed by atoms with van der Waals surface area (Å²) in [6, 6.07) is 8.25. The van der Waals surface area contributed by atoms with Gasteiger partial charge in [0.15, 0.2) is 10.8 Å². The molecule has 7 N–H and O–H groups in total. The molecule has 2 saturated heterocycles. The number of rotatable bonds is 13. The maximum absolute atomic E-state index is 13.4. The van der Waals surface area contributed by atoms with E-state index in [1.807, 2.05) is 18.2 Å². The predicted molar refractivity (Wildman–Crippen MR) is 164 cm³/mol. The molecule has 0 spiro atoms. The topological polar surface area (TPSA) is 274 Å². The third-order valence-corrected chi connectivity index (χ3v) is 8.23. The summed E-state index contributed by atoms with van der Waals surface area (Å²) in [5.41, 5.74) is 4.82. The van der Waals surface area contributed by atoms with Crippen LogP contribution in [0.25, 0.3) is 10.9 Å². The van der Waals surface area contributed by atoms with Gasteiger partial charge in [0.2, 0.25) is 11.9 Å². The molecule has 2 fully saturated rings. The van der Waals surface area contributed by atoms with Crippen LogP contribution in [0.2, 0.25) is 0 Å². The number of nitrogens with one attached hydrogen (secondary N) is 4. The summed E-state index contributed by atoms with van der Waals surface area (Å²) in [4.78, 5) is 40.5. The number of aromatic nitrogens is 6. The second kappa shape index (κ2) is 12.6. The van der Waals surface area contributed by atoms with Gasteiger partial charge in [-0.3, -0.25) is 14.1 Å². The minimum absolute atomic E-state index is 0.0258. The maximum atomic E-state index is 13.4. The lowest BCUT2D eigenvalue weighted by atomic mass is 9.84. The van der Waals surface area contributed by atoms with Crippen LogP contribution < -0.4 is 26.4 Å². The van der Waals surface area contributed by atoms with E-state index in [1.54, 1.807) is 12.1 Å². The number of oxime groups is 1. The number of nitrogens with zero attached hydrogens (tertiary/aromatic N) is 7. The van der Waals surface area contributed by atoms with Crippen molar-refractivity contribution in [3.63, 3.8) is 0 Å². The molecule has 20 nitrogen and oxygen atoms in total. The molecule has 2 aliphatic heterocycles. The van der Waals surface area contributed by atoms with Crippen molar-refractivity contribution in [2.45, 2.75) is 37.6 Å². The van der Waals surface area contributed by atoms with Crippen LogP contribution in [0.5, 0.6) is 5.75 Å². The third-order valence-electron chi connectivity index (χ3n) is 7.22. The average molecular weight is 689 g/mol. The number of fused-ring (bicyclic) bond motifs is 1. The number of anilines is 2. The Bertz CT molecular complexity index is 1930. The van der Waals surface area contributed by atoms with E-state index in [1.165, 1.54) is 19.2 Å². The summed E-state index contributed by atoms with van der Waals surface area (Å²) in [5.74, 6) is -0.534. The molecule has 0 aliphatic carbocycles. The minimum Gasteiger partial charge on any atom is -0.489 e. The van der Waals surface area contributed by atoms with E-state index in [-0.39, 0.29) is 29.0 Å². The lowest BCUT2D eigenvalue weighted by Gasteiger charge is -2.50. The number of amides is 2. The molecule has 0 saturated carbocycles. The van der Waals surface area contributed by atoms with Gasteiger partial charge in [0, 0.05) is 23.9 Å². The van der Waals surface area contributed by atoms with Gasteiger partial charge in [0.1, 0.15) is 29.9 Å². The largest absolute Gasteiger partial charge is 0.489 e. The van der Waals surface area contributed by atoms with E-state index in [0.29, 0.717) is 16.9 Å². The highest BCUT2D eigenvalue weighted by Gasteiger charge is 2.58. The quantitative estimate of drug-likeness (QED) is 0.0449. The Labute approximate surface area is 270 Å². The Kier molecular flexibility index (Phi) is 8.59. The first-order valence-electron chi connectivity index (χ1n) is 13.9. The van der Waals surface area contributed by atoms with E-state index in [4.69, 9.17) is 19.9 Å². The molecule has 2 atom stereocenters. The molecule has 1 aromatic carbocycles. The molecular formula is C25H28N12O8S2. The zero-order chi connectivity index (χ0) is 33.3. The molecular weight excluding hydrogens is 660 g/mol. The smallest absolute Gasteiger partial charge is 0.418 e. The Morgan fingerprint density at radius 1 is 1.28 bits per heavy atom. The molecule has 248 valence electrons. The number of benzene rings is 1. The number of aromatic amines is 1. The fraction of sp³-hybridized carbons (Fsp3) is 0.360. The van der Waals surface area contributed by atoms with E-state index in [9.17, 15) is 18.0 Å². The second-order valence-corrected chi connectivity index (χ2v) is 12.8. The van der Waals surface area contributed by atoms with Gasteiger partial charge in [-0.2, -0.15) is 18.7 Å². The van der Waals surface area contributed by atoms with Gasteiger partial charge in [-0.1, -0.05) is 10.4 Å². The number of nitrogen functional groups attached to an aromatic ring is 1. The first-order chi connectivity index (χ1) is 22.4. The van der Waals surface area contributed by atoms with Crippen LogP contribution in [0, 0.1) is 0 Å². The number of nitrogens with two attached hydrogens (primary N) is 1. The van der Waals surface area contributed by atoms with E-state index in [0.717, 1.165) is 41.1 Å². The van der Waals surface area contributed by atoms with E-state index in [2.05, 4.69) is 56.0 Å². The number of hydroxylamine groups is 2. The monoisotopic (exact) mass is 688 g/mol. The summed E-state index contributed by atoms with van der Waals surface area (Å²) in [7, 11) is -4.99. The highest BCUT2D eigenvalue weighted by Crippen LogP contribution is 2.33. The molecule has 6 rings (SSSR count). The minimum atomic E-state index is -4.99. The van der Waals surface area contributed by atoms with Gasteiger partial charge in [-0.25, -0.2) is 9.97 Å². The normalized spacial score (nSPS) is 18.7. The average Bonchev–Trinajstić information content (AvgIpc) is 3.70. The lowest BCUT2D eigenvalue weighted by molar-refractivity contribution is -0.218. The number of hydrogen-bond acceptors (Lipinski definition) is 17. The molecule has 5 heterocycles. The van der Waals surface area contributed by atoms with Crippen molar-refractivity contribution in [1.82, 2.24) is 46.3 Å². The van der Waals surface area contributed by atoms with Gasteiger partial charge in [-0.15, -0.1) is 25.8 Å². The second-order valence-electron chi connectivity index (χ2n) is 10.9. The number of carbonyl (C=O) groups excluding carboxylic acids is 2. The fourth-order valence-corrected chi connectivity index (χ4v) is 5.64. The molecule has 0 radical (unpaired) electrons. The maximum Gasteiger partial charge on any atom is 0.418 e. The number of ether oxygens (including phenoxy) is 1. The fourth-order valence-electron chi connectivity index (χ4n) is 4.64. The number of carbonyl (C=O) groups is 2. The van der Waals surface area contributed by atoms with Crippen LogP contribution in [-0.4, -0.2) is 103 Å². The standard InChI is InChI=1S/C25H28N12O8S2/c1-25(2)20(23(39)37(25)45-47(40,41)42)31-22(38)19(16-11-46-24(26)30-16)34-44-17(21-32-35-36-33-21)10-43-14-4-5-15-12(7-14)3-6-18(29-15)28-13-8-27-9-13/h3-7,11,13,17,20,27H,8-10H2,1-2H3,(H2,26,30)(H,28,29)(H,31,38)(H,40,41,42)(H,32,33,35,36)/b34-19-/t17-,20+/m0/s1. The number of β-lactam (4-membered cyclic amide) rings is 1. The molecule has 2 aliphatic rings. The van der Waals surface area contributed by atoms with E-state index < -0.39 is 39.9 Å². The van der Waals surface area contributed by atoms with Crippen LogP contribution in [0.3, 0.4) is 0 Å². The number of hydrogen-bond donors (Lipinski definition) is 6.